The number of hydrogen-bond donors (Lipinski definition) is 0. The molecule has 1 amide bonds. The van der Waals surface area contributed by atoms with E-state index in [4.69, 9.17) is 0 Å². The number of benzene rings is 1. The van der Waals surface area contributed by atoms with Crippen molar-refractivity contribution in [3.05, 3.63) is 56.1 Å². The van der Waals surface area contributed by atoms with Gasteiger partial charge in [-0.15, -0.1) is 22.7 Å². The van der Waals surface area contributed by atoms with Crippen LogP contribution in [0, 0.1) is 0 Å². The predicted molar refractivity (Wildman–Crippen MR) is 132 cm³/mol. The van der Waals surface area contributed by atoms with Crippen LogP contribution in [0.4, 0.5) is 0 Å². The first-order valence-electron chi connectivity index (χ1n) is 11.7. The molecule has 0 bridgehead atoms. The molecule has 3 nitrogen and oxygen atoms in total. The Morgan fingerprint density at radius 2 is 1.94 bits per heavy atom. The molecule has 0 saturated carbocycles. The van der Waals surface area contributed by atoms with Crippen LogP contribution in [0.2, 0.25) is 0 Å². The molecule has 1 saturated heterocycles. The number of nitrogens with zero attached hydrogens (tertiary/aromatic N) is 2. The molecule has 0 atom stereocenters. The van der Waals surface area contributed by atoms with Gasteiger partial charge in [0.1, 0.15) is 0 Å². The standard InChI is InChI=1S/C26H32N2OS2/c1-3-21-22-10-15-28(18(2)29)17-26(22)31-24(21)11-14-27-12-8-19(9-13-27)25-16-20-6-4-5-7-23(20)30-25/h4-7,16,19H,3,8-15,17H2,1-2H3. The summed E-state index contributed by atoms with van der Waals surface area (Å²) in [5.74, 6) is 0.937. The van der Waals surface area contributed by atoms with Gasteiger partial charge < -0.3 is 9.80 Å². The monoisotopic (exact) mass is 452 g/mol. The van der Waals surface area contributed by atoms with E-state index in [-0.39, 0.29) is 5.91 Å². The number of thiophene rings is 2. The molecule has 0 spiro atoms. The number of piperidine rings is 1. The minimum Gasteiger partial charge on any atom is -0.337 e. The molecule has 31 heavy (non-hydrogen) atoms. The SMILES string of the molecule is CCc1c(CCN2CCC(c3cc4ccccc4s3)CC2)sc2c1CCN(C(C)=O)C2. The number of fused-ring (bicyclic) bond motifs is 2. The highest BCUT2D eigenvalue weighted by Crippen LogP contribution is 2.37. The van der Waals surface area contributed by atoms with Crippen LogP contribution in [-0.4, -0.2) is 41.9 Å². The third-order valence-electron chi connectivity index (χ3n) is 7.14. The Labute approximate surface area is 193 Å². The summed E-state index contributed by atoms with van der Waals surface area (Å²) < 4.78 is 1.43. The zero-order chi connectivity index (χ0) is 21.4. The minimum absolute atomic E-state index is 0.208. The first-order valence-corrected chi connectivity index (χ1v) is 13.3. The van der Waals surface area contributed by atoms with E-state index in [2.05, 4.69) is 42.2 Å². The predicted octanol–water partition coefficient (Wildman–Crippen LogP) is 5.85. The van der Waals surface area contributed by atoms with Gasteiger partial charge in [-0.25, -0.2) is 0 Å². The molecule has 164 valence electrons. The Morgan fingerprint density at radius 3 is 2.68 bits per heavy atom. The first-order chi connectivity index (χ1) is 15.1. The fraction of sp³-hybridized carbons (Fsp3) is 0.500. The van der Waals surface area contributed by atoms with Gasteiger partial charge in [0.05, 0.1) is 6.54 Å². The van der Waals surface area contributed by atoms with E-state index in [1.54, 1.807) is 27.8 Å². The molecular formula is C26H32N2OS2. The lowest BCUT2D eigenvalue weighted by molar-refractivity contribution is -0.129. The van der Waals surface area contributed by atoms with Crippen LogP contribution in [0.1, 0.15) is 58.4 Å². The Hall–Kier alpha value is -1.69. The molecular weight excluding hydrogens is 420 g/mol. The number of rotatable bonds is 5. The van der Waals surface area contributed by atoms with Crippen molar-refractivity contribution in [3.63, 3.8) is 0 Å². The summed E-state index contributed by atoms with van der Waals surface area (Å²) in [7, 11) is 0. The van der Waals surface area contributed by atoms with Crippen LogP contribution in [0.25, 0.3) is 10.1 Å². The van der Waals surface area contributed by atoms with Crippen molar-refractivity contribution in [1.82, 2.24) is 9.80 Å². The third-order valence-corrected chi connectivity index (χ3v) is 9.74. The Kier molecular flexibility index (Phi) is 6.18. The van der Waals surface area contributed by atoms with E-state index in [0.29, 0.717) is 0 Å². The van der Waals surface area contributed by atoms with Crippen molar-refractivity contribution in [2.24, 2.45) is 0 Å². The summed E-state index contributed by atoms with van der Waals surface area (Å²) in [5.41, 5.74) is 3.15. The van der Waals surface area contributed by atoms with E-state index in [0.717, 1.165) is 38.3 Å². The summed E-state index contributed by atoms with van der Waals surface area (Å²) in [5, 5.41) is 1.40. The summed E-state index contributed by atoms with van der Waals surface area (Å²) in [4.78, 5) is 21.1. The molecule has 0 N–H and O–H groups in total. The molecule has 3 aromatic rings. The summed E-state index contributed by atoms with van der Waals surface area (Å²) in [6.45, 7) is 9.29. The second-order valence-electron chi connectivity index (χ2n) is 9.00. The normalized spacial score (nSPS) is 17.9. The van der Waals surface area contributed by atoms with Crippen molar-refractivity contribution in [1.29, 1.82) is 0 Å². The van der Waals surface area contributed by atoms with Crippen molar-refractivity contribution in [2.45, 2.75) is 58.4 Å². The fourth-order valence-electron chi connectivity index (χ4n) is 5.31. The topological polar surface area (TPSA) is 23.6 Å². The average molecular weight is 453 g/mol. The molecule has 0 radical (unpaired) electrons. The Balaban J connectivity index is 1.19. The zero-order valence-corrected chi connectivity index (χ0v) is 20.3. The molecule has 5 rings (SSSR count). The molecule has 2 aliphatic rings. The van der Waals surface area contributed by atoms with Crippen molar-refractivity contribution in [2.75, 3.05) is 26.2 Å². The first kappa shape index (κ1) is 21.2. The number of hydrogen-bond acceptors (Lipinski definition) is 4. The Morgan fingerprint density at radius 1 is 1.13 bits per heavy atom. The molecule has 2 aliphatic heterocycles. The maximum absolute atomic E-state index is 11.8. The summed E-state index contributed by atoms with van der Waals surface area (Å²) >= 11 is 3.97. The molecule has 5 heteroatoms. The lowest BCUT2D eigenvalue weighted by Gasteiger charge is -2.31. The highest BCUT2D eigenvalue weighted by Gasteiger charge is 2.26. The largest absolute Gasteiger partial charge is 0.337 e. The number of carbonyl (C=O) groups excluding carboxylic acids is 1. The second-order valence-corrected chi connectivity index (χ2v) is 11.3. The van der Waals surface area contributed by atoms with Gasteiger partial charge in [-0.05, 0) is 79.8 Å². The van der Waals surface area contributed by atoms with Crippen LogP contribution < -0.4 is 0 Å². The van der Waals surface area contributed by atoms with Gasteiger partial charge in [0, 0.05) is 39.3 Å². The third kappa shape index (κ3) is 4.33. The van der Waals surface area contributed by atoms with Crippen molar-refractivity contribution >= 4 is 38.7 Å². The van der Waals surface area contributed by atoms with Crippen LogP contribution in [0.5, 0.6) is 0 Å². The van der Waals surface area contributed by atoms with E-state index in [1.165, 1.54) is 47.4 Å². The lowest BCUT2D eigenvalue weighted by atomic mass is 9.94. The van der Waals surface area contributed by atoms with E-state index >= 15 is 0 Å². The van der Waals surface area contributed by atoms with Crippen LogP contribution in [-0.2, 0) is 30.6 Å². The minimum atomic E-state index is 0.208. The number of carbonyl (C=O) groups is 1. The highest BCUT2D eigenvalue weighted by atomic mass is 32.1. The summed E-state index contributed by atoms with van der Waals surface area (Å²) in [6, 6.07) is 11.2. The van der Waals surface area contributed by atoms with Gasteiger partial charge in [0.25, 0.3) is 0 Å². The maximum Gasteiger partial charge on any atom is 0.219 e. The zero-order valence-electron chi connectivity index (χ0n) is 18.7. The quantitative estimate of drug-likeness (QED) is 0.485. The van der Waals surface area contributed by atoms with Gasteiger partial charge >= 0.3 is 0 Å². The van der Waals surface area contributed by atoms with Gasteiger partial charge in [-0.2, -0.15) is 0 Å². The molecule has 2 aromatic heterocycles. The lowest BCUT2D eigenvalue weighted by Crippen LogP contribution is -2.34. The highest BCUT2D eigenvalue weighted by molar-refractivity contribution is 7.19. The van der Waals surface area contributed by atoms with Gasteiger partial charge in [0.15, 0.2) is 0 Å². The summed E-state index contributed by atoms with van der Waals surface area (Å²) in [6.07, 6.45) is 5.88. The average Bonchev–Trinajstić information content (AvgIpc) is 3.38. The van der Waals surface area contributed by atoms with Crippen molar-refractivity contribution in [3.8, 4) is 0 Å². The smallest absolute Gasteiger partial charge is 0.219 e. The number of likely N-dealkylation sites (tertiary alicyclic amines) is 1. The van der Waals surface area contributed by atoms with Crippen LogP contribution >= 0.6 is 22.7 Å². The Bertz CT molecular complexity index is 1040. The van der Waals surface area contributed by atoms with Gasteiger partial charge in [-0.1, -0.05) is 25.1 Å². The van der Waals surface area contributed by atoms with Crippen LogP contribution in [0.15, 0.2) is 30.3 Å². The maximum atomic E-state index is 11.8. The van der Waals surface area contributed by atoms with Gasteiger partial charge in [-0.3, -0.25) is 4.79 Å². The van der Waals surface area contributed by atoms with Crippen LogP contribution in [0.3, 0.4) is 0 Å². The van der Waals surface area contributed by atoms with E-state index in [1.807, 2.05) is 27.6 Å². The van der Waals surface area contributed by atoms with E-state index < -0.39 is 0 Å². The fourth-order valence-corrected chi connectivity index (χ4v) is 8.00. The molecule has 4 heterocycles. The second kappa shape index (κ2) is 9.05. The molecule has 1 aromatic carbocycles. The van der Waals surface area contributed by atoms with Crippen molar-refractivity contribution < 1.29 is 4.79 Å². The number of amides is 1. The van der Waals surface area contributed by atoms with Gasteiger partial charge in [0.2, 0.25) is 5.91 Å². The molecule has 0 unspecified atom stereocenters. The van der Waals surface area contributed by atoms with E-state index in [9.17, 15) is 4.79 Å². The molecule has 1 fully saturated rings. The molecule has 0 aliphatic carbocycles.